The molecular weight excluding hydrogens is 260 g/mol. The molecule has 4 nitrogen and oxygen atoms in total. The van der Waals surface area contributed by atoms with Gasteiger partial charge < -0.3 is 0 Å². The molecule has 3 heterocycles. The zero-order valence-corrected chi connectivity index (χ0v) is 11.2. The first-order chi connectivity index (χ1) is 10.4. The molecule has 0 amide bonds. The van der Waals surface area contributed by atoms with Crippen molar-refractivity contribution in [1.82, 2.24) is 20.2 Å². The first-order valence-corrected chi connectivity index (χ1v) is 6.72. The fourth-order valence-electron chi connectivity index (χ4n) is 2.56. The van der Waals surface area contributed by atoms with Crippen molar-refractivity contribution in [3.8, 4) is 22.4 Å². The van der Waals surface area contributed by atoms with E-state index in [1.165, 1.54) is 0 Å². The van der Waals surface area contributed by atoms with Gasteiger partial charge in [-0.2, -0.15) is 5.10 Å². The minimum Gasteiger partial charge on any atom is -0.285 e. The lowest BCUT2D eigenvalue weighted by atomic mass is 9.97. The molecule has 0 saturated carbocycles. The lowest BCUT2D eigenvalue weighted by Gasteiger charge is -2.10. The van der Waals surface area contributed by atoms with Gasteiger partial charge in [0.15, 0.2) is 0 Å². The predicted octanol–water partition coefficient (Wildman–Crippen LogP) is 3.69. The molecule has 4 aromatic rings. The Balaban J connectivity index is 2.10. The zero-order valence-electron chi connectivity index (χ0n) is 11.2. The van der Waals surface area contributed by atoms with Crippen molar-refractivity contribution < 1.29 is 0 Å². The SMILES string of the molecule is c1ccc(-c2cnc3ccccc3c2-c2cn[nH]c2)nc1. The summed E-state index contributed by atoms with van der Waals surface area (Å²) in [7, 11) is 0. The van der Waals surface area contributed by atoms with Gasteiger partial charge in [-0.1, -0.05) is 24.3 Å². The Kier molecular flexibility index (Phi) is 2.71. The van der Waals surface area contributed by atoms with E-state index in [-0.39, 0.29) is 0 Å². The summed E-state index contributed by atoms with van der Waals surface area (Å²) in [4.78, 5) is 9.01. The van der Waals surface area contributed by atoms with Crippen LogP contribution < -0.4 is 0 Å². The van der Waals surface area contributed by atoms with E-state index in [1.807, 2.05) is 55.0 Å². The minimum absolute atomic E-state index is 0.909. The smallest absolute Gasteiger partial charge is 0.0723 e. The molecule has 0 saturated heterocycles. The van der Waals surface area contributed by atoms with Gasteiger partial charge in [0, 0.05) is 40.7 Å². The monoisotopic (exact) mass is 272 g/mol. The molecule has 0 aliphatic heterocycles. The molecule has 0 atom stereocenters. The number of aromatic amines is 1. The number of hydrogen-bond acceptors (Lipinski definition) is 3. The van der Waals surface area contributed by atoms with Gasteiger partial charge in [0.2, 0.25) is 0 Å². The average molecular weight is 272 g/mol. The molecule has 1 N–H and O–H groups in total. The van der Waals surface area contributed by atoms with Crippen molar-refractivity contribution in [2.75, 3.05) is 0 Å². The van der Waals surface area contributed by atoms with E-state index in [9.17, 15) is 0 Å². The molecule has 4 rings (SSSR count). The number of benzene rings is 1. The summed E-state index contributed by atoms with van der Waals surface area (Å²) in [6.07, 6.45) is 7.40. The largest absolute Gasteiger partial charge is 0.285 e. The molecular formula is C17H12N4. The Morgan fingerprint density at radius 2 is 1.76 bits per heavy atom. The second kappa shape index (κ2) is 4.83. The summed E-state index contributed by atoms with van der Waals surface area (Å²) < 4.78 is 0. The topological polar surface area (TPSA) is 54.5 Å². The second-order valence-corrected chi connectivity index (χ2v) is 4.77. The molecule has 3 aromatic heterocycles. The van der Waals surface area contributed by atoms with Gasteiger partial charge >= 0.3 is 0 Å². The number of H-pyrrole nitrogens is 1. The molecule has 0 radical (unpaired) electrons. The van der Waals surface area contributed by atoms with Gasteiger partial charge in [-0.15, -0.1) is 0 Å². The molecule has 1 aromatic carbocycles. The number of pyridine rings is 2. The number of nitrogens with one attached hydrogen (secondary N) is 1. The van der Waals surface area contributed by atoms with Crippen LogP contribution in [0.5, 0.6) is 0 Å². The highest BCUT2D eigenvalue weighted by atomic mass is 15.1. The summed E-state index contributed by atoms with van der Waals surface area (Å²) in [5, 5.41) is 8.05. The van der Waals surface area contributed by atoms with Crippen molar-refractivity contribution in [2.24, 2.45) is 0 Å². The second-order valence-electron chi connectivity index (χ2n) is 4.77. The van der Waals surface area contributed by atoms with E-state index in [0.29, 0.717) is 0 Å². The maximum absolute atomic E-state index is 4.56. The number of nitrogens with zero attached hydrogens (tertiary/aromatic N) is 3. The predicted molar refractivity (Wildman–Crippen MR) is 82.6 cm³/mol. The summed E-state index contributed by atoms with van der Waals surface area (Å²) in [5.41, 5.74) is 5.03. The summed E-state index contributed by atoms with van der Waals surface area (Å²) >= 11 is 0. The van der Waals surface area contributed by atoms with Gasteiger partial charge in [-0.05, 0) is 18.2 Å². The van der Waals surface area contributed by atoms with Gasteiger partial charge in [0.25, 0.3) is 0 Å². The van der Waals surface area contributed by atoms with Crippen molar-refractivity contribution in [3.05, 3.63) is 67.3 Å². The molecule has 0 unspecified atom stereocenters. The Labute approximate surface area is 121 Å². The number of fused-ring (bicyclic) bond motifs is 1. The van der Waals surface area contributed by atoms with Crippen molar-refractivity contribution in [2.45, 2.75) is 0 Å². The van der Waals surface area contributed by atoms with E-state index in [0.717, 1.165) is 33.3 Å². The van der Waals surface area contributed by atoms with Gasteiger partial charge in [-0.3, -0.25) is 15.1 Å². The van der Waals surface area contributed by atoms with Crippen molar-refractivity contribution in [3.63, 3.8) is 0 Å². The highest BCUT2D eigenvalue weighted by molar-refractivity contribution is 6.01. The summed E-state index contributed by atoms with van der Waals surface area (Å²) in [6, 6.07) is 14.0. The summed E-state index contributed by atoms with van der Waals surface area (Å²) in [5.74, 6) is 0. The molecule has 0 aliphatic carbocycles. The zero-order chi connectivity index (χ0) is 14.1. The number of aromatic nitrogens is 4. The molecule has 0 spiro atoms. The number of rotatable bonds is 2. The van der Waals surface area contributed by atoms with Crippen LogP contribution in [0.2, 0.25) is 0 Å². The Morgan fingerprint density at radius 1 is 0.857 bits per heavy atom. The fourth-order valence-corrected chi connectivity index (χ4v) is 2.56. The normalized spacial score (nSPS) is 10.9. The van der Waals surface area contributed by atoms with Crippen molar-refractivity contribution in [1.29, 1.82) is 0 Å². The van der Waals surface area contributed by atoms with Crippen LogP contribution in [0.3, 0.4) is 0 Å². The van der Waals surface area contributed by atoms with E-state index in [1.54, 1.807) is 6.20 Å². The van der Waals surface area contributed by atoms with Gasteiger partial charge in [-0.25, -0.2) is 0 Å². The third-order valence-electron chi connectivity index (χ3n) is 3.50. The highest BCUT2D eigenvalue weighted by Gasteiger charge is 2.13. The average Bonchev–Trinajstić information content (AvgIpc) is 3.08. The molecule has 0 aliphatic rings. The third-order valence-corrected chi connectivity index (χ3v) is 3.50. The Bertz CT molecular complexity index is 883. The number of hydrogen-bond donors (Lipinski definition) is 1. The van der Waals surface area contributed by atoms with Gasteiger partial charge in [0.1, 0.15) is 0 Å². The van der Waals surface area contributed by atoms with Crippen LogP contribution in [-0.2, 0) is 0 Å². The third kappa shape index (κ3) is 1.97. The maximum atomic E-state index is 4.56. The lowest BCUT2D eigenvalue weighted by molar-refractivity contribution is 1.09. The van der Waals surface area contributed by atoms with E-state index < -0.39 is 0 Å². The minimum atomic E-state index is 0.909. The first-order valence-electron chi connectivity index (χ1n) is 6.72. The standard InChI is InChI=1S/C17H12N4/c1-2-6-15-13(5-1)17(12-9-20-21-10-12)14(11-19-15)16-7-3-4-8-18-16/h1-11H,(H,20,21). The highest BCUT2D eigenvalue weighted by Crippen LogP contribution is 2.35. The van der Waals surface area contributed by atoms with Crippen LogP contribution >= 0.6 is 0 Å². The Hall–Kier alpha value is -3.01. The van der Waals surface area contributed by atoms with Crippen LogP contribution in [0.25, 0.3) is 33.3 Å². The maximum Gasteiger partial charge on any atom is 0.0723 e. The van der Waals surface area contributed by atoms with E-state index in [4.69, 9.17) is 0 Å². The summed E-state index contributed by atoms with van der Waals surface area (Å²) in [6.45, 7) is 0. The molecule has 21 heavy (non-hydrogen) atoms. The van der Waals surface area contributed by atoms with Crippen LogP contribution in [0.4, 0.5) is 0 Å². The first kappa shape index (κ1) is 11.8. The van der Waals surface area contributed by atoms with Crippen LogP contribution in [-0.4, -0.2) is 20.2 Å². The molecule has 4 heteroatoms. The quantitative estimate of drug-likeness (QED) is 0.605. The lowest BCUT2D eigenvalue weighted by Crippen LogP contribution is -1.91. The van der Waals surface area contributed by atoms with E-state index >= 15 is 0 Å². The van der Waals surface area contributed by atoms with Crippen LogP contribution in [0.15, 0.2) is 67.3 Å². The molecule has 0 bridgehead atoms. The number of para-hydroxylation sites is 1. The molecule has 0 fully saturated rings. The van der Waals surface area contributed by atoms with Crippen LogP contribution in [0, 0.1) is 0 Å². The molecule has 100 valence electrons. The van der Waals surface area contributed by atoms with Crippen LogP contribution in [0.1, 0.15) is 0 Å². The van der Waals surface area contributed by atoms with Gasteiger partial charge in [0.05, 0.1) is 17.4 Å². The Morgan fingerprint density at radius 3 is 2.57 bits per heavy atom. The van der Waals surface area contributed by atoms with Crippen molar-refractivity contribution >= 4 is 10.9 Å². The fraction of sp³-hybridized carbons (Fsp3) is 0. The van der Waals surface area contributed by atoms with E-state index in [2.05, 4.69) is 26.2 Å².